The van der Waals surface area contributed by atoms with Crippen molar-refractivity contribution in [3.8, 4) is 0 Å². The van der Waals surface area contributed by atoms with Crippen LogP contribution in [0.4, 0.5) is 5.69 Å². The Bertz CT molecular complexity index is 1030. The summed E-state index contributed by atoms with van der Waals surface area (Å²) >= 11 is 1.36. The SMILES string of the molecule is CCOC(=O)c1ccc(NC(=O)CSC2NC(=O)C3CN(C(C)c4ccccc4)CCC3N2)cc1. The van der Waals surface area contributed by atoms with Gasteiger partial charge in [-0.05, 0) is 50.1 Å². The second-order valence-corrected chi connectivity index (χ2v) is 9.89. The summed E-state index contributed by atoms with van der Waals surface area (Å²) in [4.78, 5) is 39.4. The van der Waals surface area contributed by atoms with E-state index in [1.54, 1.807) is 31.2 Å². The number of hydrogen-bond acceptors (Lipinski definition) is 7. The van der Waals surface area contributed by atoms with Crippen molar-refractivity contribution in [2.75, 3.05) is 30.8 Å². The first kappa shape index (κ1) is 25.2. The van der Waals surface area contributed by atoms with Gasteiger partial charge >= 0.3 is 5.97 Å². The lowest BCUT2D eigenvalue weighted by molar-refractivity contribution is -0.131. The molecule has 8 nitrogen and oxygen atoms in total. The fourth-order valence-electron chi connectivity index (χ4n) is 4.56. The molecule has 2 aromatic carbocycles. The Kier molecular flexibility index (Phi) is 8.43. The topological polar surface area (TPSA) is 99.8 Å². The molecular weight excluding hydrogens is 464 g/mol. The summed E-state index contributed by atoms with van der Waals surface area (Å²) in [5.41, 5.74) is 1.99. The first-order valence-electron chi connectivity index (χ1n) is 12.0. The summed E-state index contributed by atoms with van der Waals surface area (Å²) in [6, 6.07) is 17.3. The highest BCUT2D eigenvalue weighted by Gasteiger charge is 2.41. The van der Waals surface area contributed by atoms with E-state index in [1.165, 1.54) is 17.3 Å². The van der Waals surface area contributed by atoms with E-state index in [1.807, 2.05) is 18.2 Å². The number of anilines is 1. The summed E-state index contributed by atoms with van der Waals surface area (Å²) in [6.45, 7) is 5.87. The van der Waals surface area contributed by atoms with Gasteiger partial charge in [-0.15, -0.1) is 11.8 Å². The minimum Gasteiger partial charge on any atom is -0.462 e. The first-order chi connectivity index (χ1) is 16.9. The maximum Gasteiger partial charge on any atom is 0.338 e. The molecule has 2 aliphatic heterocycles. The molecule has 0 saturated carbocycles. The van der Waals surface area contributed by atoms with Crippen LogP contribution in [0, 0.1) is 5.92 Å². The van der Waals surface area contributed by atoms with Crippen molar-refractivity contribution in [1.82, 2.24) is 15.5 Å². The molecule has 0 radical (unpaired) electrons. The van der Waals surface area contributed by atoms with E-state index < -0.39 is 5.97 Å². The predicted molar refractivity (Wildman–Crippen MR) is 137 cm³/mol. The summed E-state index contributed by atoms with van der Waals surface area (Å²) in [5, 5.41) is 9.35. The first-order valence-corrected chi connectivity index (χ1v) is 13.0. The number of amides is 2. The number of nitrogens with one attached hydrogen (secondary N) is 3. The number of rotatable bonds is 8. The van der Waals surface area contributed by atoms with E-state index in [4.69, 9.17) is 4.74 Å². The van der Waals surface area contributed by atoms with Crippen LogP contribution in [0.5, 0.6) is 0 Å². The Morgan fingerprint density at radius 1 is 1.17 bits per heavy atom. The van der Waals surface area contributed by atoms with Gasteiger partial charge in [-0.3, -0.25) is 19.8 Å². The van der Waals surface area contributed by atoms with Crippen LogP contribution >= 0.6 is 11.8 Å². The van der Waals surface area contributed by atoms with Gasteiger partial charge in [-0.2, -0.15) is 0 Å². The number of thioether (sulfide) groups is 1. The third-order valence-electron chi connectivity index (χ3n) is 6.51. The molecule has 0 aromatic heterocycles. The molecule has 2 heterocycles. The fraction of sp³-hybridized carbons (Fsp3) is 0.423. The number of hydrogen-bond donors (Lipinski definition) is 3. The van der Waals surface area contributed by atoms with E-state index in [0.29, 0.717) is 24.4 Å². The molecule has 9 heteroatoms. The van der Waals surface area contributed by atoms with Crippen molar-refractivity contribution in [1.29, 1.82) is 0 Å². The molecule has 35 heavy (non-hydrogen) atoms. The normalized spacial score (nSPS) is 23.0. The van der Waals surface area contributed by atoms with E-state index in [9.17, 15) is 14.4 Å². The number of fused-ring (bicyclic) bond motifs is 1. The van der Waals surface area contributed by atoms with Crippen LogP contribution in [0.2, 0.25) is 0 Å². The molecule has 186 valence electrons. The predicted octanol–water partition coefficient (Wildman–Crippen LogP) is 2.99. The van der Waals surface area contributed by atoms with Gasteiger partial charge in [0.25, 0.3) is 0 Å². The lowest BCUT2D eigenvalue weighted by Gasteiger charge is -2.45. The minimum atomic E-state index is -0.390. The Balaban J connectivity index is 1.24. The van der Waals surface area contributed by atoms with Gasteiger partial charge in [-0.1, -0.05) is 30.3 Å². The maximum absolute atomic E-state index is 12.9. The molecule has 3 N–H and O–H groups in total. The van der Waals surface area contributed by atoms with Crippen molar-refractivity contribution in [3.63, 3.8) is 0 Å². The van der Waals surface area contributed by atoms with Crippen molar-refractivity contribution < 1.29 is 19.1 Å². The average Bonchev–Trinajstić information content (AvgIpc) is 2.88. The van der Waals surface area contributed by atoms with Crippen molar-refractivity contribution >= 4 is 35.2 Å². The third kappa shape index (κ3) is 6.42. The number of nitrogens with zero attached hydrogens (tertiary/aromatic N) is 1. The van der Waals surface area contributed by atoms with E-state index in [2.05, 4.69) is 39.9 Å². The lowest BCUT2D eigenvalue weighted by Crippen LogP contribution is -2.65. The number of piperidine rings is 1. The van der Waals surface area contributed by atoms with Crippen molar-refractivity contribution in [2.24, 2.45) is 5.92 Å². The molecule has 4 atom stereocenters. The highest BCUT2D eigenvalue weighted by Crippen LogP contribution is 2.29. The highest BCUT2D eigenvalue weighted by atomic mass is 32.2. The van der Waals surface area contributed by atoms with Crippen LogP contribution in [-0.4, -0.2) is 59.7 Å². The third-order valence-corrected chi connectivity index (χ3v) is 7.53. The van der Waals surface area contributed by atoms with Crippen molar-refractivity contribution in [3.05, 3.63) is 65.7 Å². The second-order valence-electron chi connectivity index (χ2n) is 8.80. The largest absolute Gasteiger partial charge is 0.462 e. The zero-order chi connectivity index (χ0) is 24.8. The van der Waals surface area contributed by atoms with Crippen LogP contribution < -0.4 is 16.0 Å². The van der Waals surface area contributed by atoms with Crippen LogP contribution in [0.15, 0.2) is 54.6 Å². The molecule has 0 spiro atoms. The van der Waals surface area contributed by atoms with Crippen LogP contribution in [-0.2, 0) is 14.3 Å². The van der Waals surface area contributed by atoms with Crippen LogP contribution in [0.3, 0.4) is 0 Å². The number of esters is 1. The van der Waals surface area contributed by atoms with Crippen LogP contribution in [0.25, 0.3) is 0 Å². The summed E-state index contributed by atoms with van der Waals surface area (Å²) < 4.78 is 4.96. The Labute approximate surface area is 210 Å². The molecule has 4 unspecified atom stereocenters. The number of carbonyl (C=O) groups excluding carboxylic acids is 3. The monoisotopic (exact) mass is 496 g/mol. The van der Waals surface area contributed by atoms with Gasteiger partial charge in [0.1, 0.15) is 5.50 Å². The van der Waals surface area contributed by atoms with Gasteiger partial charge in [0.2, 0.25) is 11.8 Å². The smallest absolute Gasteiger partial charge is 0.338 e. The molecule has 0 bridgehead atoms. The van der Waals surface area contributed by atoms with Gasteiger partial charge in [0.05, 0.1) is 23.8 Å². The Hall–Kier alpha value is -2.88. The van der Waals surface area contributed by atoms with Gasteiger partial charge in [-0.25, -0.2) is 4.79 Å². The van der Waals surface area contributed by atoms with Gasteiger partial charge in [0, 0.05) is 30.9 Å². The molecule has 0 aliphatic carbocycles. The Morgan fingerprint density at radius 2 is 1.91 bits per heavy atom. The van der Waals surface area contributed by atoms with E-state index in [0.717, 1.165) is 13.0 Å². The maximum atomic E-state index is 12.9. The number of likely N-dealkylation sites (tertiary alicyclic amines) is 1. The average molecular weight is 497 g/mol. The molecule has 2 saturated heterocycles. The van der Waals surface area contributed by atoms with Crippen molar-refractivity contribution in [2.45, 2.75) is 37.8 Å². The highest BCUT2D eigenvalue weighted by molar-refractivity contribution is 8.00. The second kappa shape index (κ2) is 11.7. The van der Waals surface area contributed by atoms with Gasteiger partial charge in [0.15, 0.2) is 0 Å². The molecule has 4 rings (SSSR count). The lowest BCUT2D eigenvalue weighted by atomic mass is 9.88. The zero-order valence-corrected chi connectivity index (χ0v) is 20.8. The van der Waals surface area contributed by atoms with E-state index in [-0.39, 0.29) is 41.1 Å². The summed E-state index contributed by atoms with van der Waals surface area (Å²) in [5.74, 6) is -0.460. The standard InChI is InChI=1S/C26H32N4O4S/c1-3-34-25(33)19-9-11-20(12-10-19)27-23(31)16-35-26-28-22-13-14-30(15-21(22)24(32)29-26)17(2)18-7-5-4-6-8-18/h4-12,17,21-22,26,28H,3,13-16H2,1-2H3,(H,27,31)(H,29,32). The molecule has 2 amide bonds. The summed E-state index contributed by atoms with van der Waals surface area (Å²) in [6.07, 6.45) is 0.880. The van der Waals surface area contributed by atoms with Gasteiger partial charge < -0.3 is 15.4 Å². The fourth-order valence-corrected chi connectivity index (χ4v) is 5.42. The molecular formula is C26H32N4O4S. The van der Waals surface area contributed by atoms with Crippen LogP contribution in [0.1, 0.15) is 42.2 Å². The molecule has 2 aliphatic rings. The molecule has 2 aromatic rings. The number of benzene rings is 2. The molecule has 2 fully saturated rings. The summed E-state index contributed by atoms with van der Waals surface area (Å²) in [7, 11) is 0. The Morgan fingerprint density at radius 3 is 2.63 bits per heavy atom. The minimum absolute atomic E-state index is 0.0335. The zero-order valence-electron chi connectivity index (χ0n) is 20.0. The number of carbonyl (C=O) groups is 3. The van der Waals surface area contributed by atoms with E-state index >= 15 is 0 Å². The number of ether oxygens (including phenoxy) is 1. The quantitative estimate of drug-likeness (QED) is 0.483.